The molecule has 0 aromatic carbocycles. The van der Waals surface area contributed by atoms with Crippen molar-refractivity contribution in [2.45, 2.75) is 0 Å². The van der Waals surface area contributed by atoms with Crippen LogP contribution < -0.4 is 29.3 Å². The van der Waals surface area contributed by atoms with E-state index in [4.69, 9.17) is 0 Å². The molecule has 38 valence electrons. The van der Waals surface area contributed by atoms with E-state index in [1.807, 2.05) is 11.8 Å². The maximum absolute atomic E-state index is 2.32. The average molecular weight is 217 g/mol. The Labute approximate surface area is 59.3 Å². The number of thioether (sulfide) groups is 1. The summed E-state index contributed by atoms with van der Waals surface area (Å²) in [5.41, 5.74) is 0. The summed E-state index contributed by atoms with van der Waals surface area (Å²) in [6.07, 6.45) is 0. The van der Waals surface area contributed by atoms with Crippen molar-refractivity contribution in [1.82, 2.24) is 0 Å². The van der Waals surface area contributed by atoms with Gasteiger partial charge in [0.05, 0.1) is 6.54 Å². The Kier molecular flexibility index (Phi) is 4.93. The van der Waals surface area contributed by atoms with Gasteiger partial charge in [0.25, 0.3) is 0 Å². The van der Waals surface area contributed by atoms with Gasteiger partial charge in [0.2, 0.25) is 0 Å². The molecule has 1 aliphatic rings. The van der Waals surface area contributed by atoms with Crippen LogP contribution in [-0.4, -0.2) is 18.2 Å². The molecule has 1 saturated heterocycles. The first-order valence-corrected chi connectivity index (χ1v) is 3.05. The van der Waals surface area contributed by atoms with E-state index < -0.39 is 0 Å². The monoisotopic (exact) mass is 217 g/mol. The summed E-state index contributed by atoms with van der Waals surface area (Å²) in [4.78, 5) is 0. The van der Waals surface area contributed by atoms with Crippen LogP contribution in [0.3, 0.4) is 0 Å². The van der Waals surface area contributed by atoms with Gasteiger partial charge in [-0.25, -0.2) is 0 Å². The predicted octanol–water partition coefficient (Wildman–Crippen LogP) is -3.74. The molecule has 1 fully saturated rings. The summed E-state index contributed by atoms with van der Waals surface area (Å²) in [5.74, 6) is 2.65. The van der Waals surface area contributed by atoms with Crippen LogP contribution in [0.1, 0.15) is 0 Å². The van der Waals surface area contributed by atoms with Crippen molar-refractivity contribution in [3.8, 4) is 0 Å². The minimum Gasteiger partial charge on any atom is -1.00 e. The summed E-state index contributed by atoms with van der Waals surface area (Å²) >= 11 is 2.02. The Balaban J connectivity index is 0.000000250. The van der Waals surface area contributed by atoms with E-state index in [1.165, 1.54) is 18.2 Å². The molecule has 0 radical (unpaired) electrons. The quantitative estimate of drug-likeness (QED) is 0.412. The number of nitrogens with two attached hydrogens (primary N) is 1. The molecule has 0 spiro atoms. The maximum Gasteiger partial charge on any atom is 0.122 e. The van der Waals surface area contributed by atoms with Crippen LogP contribution in [0.4, 0.5) is 0 Å². The van der Waals surface area contributed by atoms with Gasteiger partial charge < -0.3 is 29.3 Å². The van der Waals surface area contributed by atoms with Gasteiger partial charge in [-0.2, -0.15) is 0 Å². The number of hydrogen-bond donors (Lipinski definition) is 1. The van der Waals surface area contributed by atoms with E-state index in [0.29, 0.717) is 0 Å². The molecule has 1 rings (SSSR count). The zero-order valence-electron chi connectivity index (χ0n) is 3.48. The third-order valence-corrected chi connectivity index (χ3v) is 1.70. The Hall–Kier alpha value is 1.04. The minimum atomic E-state index is 0. The molecule has 1 heterocycles. The second-order valence-electron chi connectivity index (χ2n) is 1.15. The van der Waals surface area contributed by atoms with Gasteiger partial charge in [-0.1, -0.05) is 11.8 Å². The normalized spacial score (nSPS) is 20.0. The van der Waals surface area contributed by atoms with Crippen molar-refractivity contribution in [3.05, 3.63) is 0 Å². The molecule has 0 bridgehead atoms. The maximum atomic E-state index is 2.32. The largest absolute Gasteiger partial charge is 1.00 e. The Morgan fingerprint density at radius 2 is 2.33 bits per heavy atom. The third-order valence-electron chi connectivity index (χ3n) is 0.702. The third kappa shape index (κ3) is 2.25. The Bertz CT molecular complexity index is 22.4. The molecule has 0 unspecified atom stereocenters. The molecule has 0 aliphatic carbocycles. The molecule has 0 atom stereocenters. The first kappa shape index (κ1) is 7.04. The van der Waals surface area contributed by atoms with Gasteiger partial charge in [0, 0.05) is 5.75 Å². The number of quaternary nitrogens is 1. The predicted molar refractivity (Wildman–Crippen MR) is 24.1 cm³/mol. The lowest BCUT2D eigenvalue weighted by Gasteiger charge is -1.72. The van der Waals surface area contributed by atoms with Crippen molar-refractivity contribution < 1.29 is 29.3 Å². The first-order chi connectivity index (χ1) is 2.50. The van der Waals surface area contributed by atoms with E-state index in [9.17, 15) is 0 Å². The van der Waals surface area contributed by atoms with Gasteiger partial charge >= 0.3 is 0 Å². The fraction of sp³-hybridized carbons (Fsp3) is 1.00. The van der Waals surface area contributed by atoms with Crippen LogP contribution in [0.25, 0.3) is 0 Å². The van der Waals surface area contributed by atoms with Gasteiger partial charge in [0.15, 0.2) is 0 Å². The fourth-order valence-electron chi connectivity index (χ4n) is 0.417. The first-order valence-electron chi connectivity index (χ1n) is 1.89. The summed E-state index contributed by atoms with van der Waals surface area (Å²) in [5, 5.41) is 2.32. The van der Waals surface area contributed by atoms with Crippen LogP contribution in [-0.2, 0) is 0 Å². The molecule has 1 aliphatic heterocycles. The highest BCUT2D eigenvalue weighted by atomic mass is 127. The molecule has 2 N–H and O–H groups in total. The summed E-state index contributed by atoms with van der Waals surface area (Å²) in [6, 6.07) is 0. The lowest BCUT2D eigenvalue weighted by Crippen LogP contribution is -3.00. The number of rotatable bonds is 0. The summed E-state index contributed by atoms with van der Waals surface area (Å²) < 4.78 is 0. The van der Waals surface area contributed by atoms with Gasteiger partial charge in [-0.15, -0.1) is 0 Å². The molecule has 6 heavy (non-hydrogen) atoms. The number of hydrogen-bond acceptors (Lipinski definition) is 1. The van der Waals surface area contributed by atoms with Crippen molar-refractivity contribution in [1.29, 1.82) is 0 Å². The minimum absolute atomic E-state index is 0. The highest BCUT2D eigenvalue weighted by molar-refractivity contribution is 7.99. The van der Waals surface area contributed by atoms with E-state index in [-0.39, 0.29) is 24.0 Å². The van der Waals surface area contributed by atoms with Gasteiger partial charge in [-0.3, -0.25) is 0 Å². The Morgan fingerprint density at radius 1 is 1.50 bits per heavy atom. The molecule has 3 heteroatoms. The van der Waals surface area contributed by atoms with Crippen molar-refractivity contribution in [3.63, 3.8) is 0 Å². The van der Waals surface area contributed by atoms with Crippen molar-refractivity contribution in [2.24, 2.45) is 0 Å². The van der Waals surface area contributed by atoms with E-state index in [1.54, 1.807) is 0 Å². The standard InChI is InChI=1S/C3H7NS.HI/c1-2-5-3-4-1;/h4H,1-3H2;1H. The zero-order valence-corrected chi connectivity index (χ0v) is 6.46. The molecule has 0 aromatic rings. The summed E-state index contributed by atoms with van der Waals surface area (Å²) in [7, 11) is 0. The molecule has 0 amide bonds. The molecule has 1 nitrogen and oxygen atoms in total. The van der Waals surface area contributed by atoms with Crippen molar-refractivity contribution >= 4 is 11.8 Å². The second kappa shape index (κ2) is 4.21. The van der Waals surface area contributed by atoms with E-state index >= 15 is 0 Å². The number of halogens is 1. The molecule has 0 saturated carbocycles. The van der Waals surface area contributed by atoms with Gasteiger partial charge in [-0.05, 0) is 0 Å². The molecular formula is C3H8INS. The fourth-order valence-corrected chi connectivity index (χ4v) is 1.25. The average Bonchev–Trinajstić information content (AvgIpc) is 1.76. The molecular weight excluding hydrogens is 209 g/mol. The SMILES string of the molecule is C1CSC[NH2+]1.[I-]. The zero-order chi connectivity index (χ0) is 3.54. The topological polar surface area (TPSA) is 16.6 Å². The lowest BCUT2D eigenvalue weighted by molar-refractivity contribution is -0.625. The van der Waals surface area contributed by atoms with Gasteiger partial charge in [0.1, 0.15) is 5.88 Å². The van der Waals surface area contributed by atoms with Crippen LogP contribution in [0.5, 0.6) is 0 Å². The molecule has 0 aromatic heterocycles. The highest BCUT2D eigenvalue weighted by Gasteiger charge is 1.98. The van der Waals surface area contributed by atoms with Crippen LogP contribution in [0, 0.1) is 0 Å². The van der Waals surface area contributed by atoms with Crippen molar-refractivity contribution in [2.75, 3.05) is 18.2 Å². The lowest BCUT2D eigenvalue weighted by atomic mass is 10.8. The second-order valence-corrected chi connectivity index (χ2v) is 2.30. The van der Waals surface area contributed by atoms with Crippen LogP contribution in [0.15, 0.2) is 0 Å². The highest BCUT2D eigenvalue weighted by Crippen LogP contribution is 1.93. The Morgan fingerprint density at radius 3 is 2.50 bits per heavy atom. The van der Waals surface area contributed by atoms with E-state index in [0.717, 1.165) is 0 Å². The van der Waals surface area contributed by atoms with Crippen LogP contribution in [0.2, 0.25) is 0 Å². The van der Waals surface area contributed by atoms with E-state index in [2.05, 4.69) is 5.32 Å². The summed E-state index contributed by atoms with van der Waals surface area (Å²) in [6.45, 7) is 1.34. The smallest absolute Gasteiger partial charge is 0.122 e. The van der Waals surface area contributed by atoms with Crippen LogP contribution >= 0.6 is 11.8 Å².